The summed E-state index contributed by atoms with van der Waals surface area (Å²) in [6.45, 7) is -0.677. The van der Waals surface area contributed by atoms with Gasteiger partial charge in [0.2, 0.25) is 0 Å². The van der Waals surface area contributed by atoms with Crippen molar-refractivity contribution in [3.8, 4) is 0 Å². The summed E-state index contributed by atoms with van der Waals surface area (Å²) in [6.07, 6.45) is -11.0. The van der Waals surface area contributed by atoms with Gasteiger partial charge in [-0.3, -0.25) is 13.6 Å². The SMILES string of the molecule is O=P(O)(O)O[C@@H]1[C@@H](OP(=O)(O)O)[C@H](COC(c2ccccc2)(c2ccccc2)c2ccccc2)O[C@@H](O)[C@H]1OP(=O)(O)O. The van der Waals surface area contributed by atoms with Crippen molar-refractivity contribution >= 4 is 23.5 Å². The zero-order chi connectivity index (χ0) is 31.5. The maximum atomic E-state index is 12.0. The van der Waals surface area contributed by atoms with E-state index in [0.717, 1.165) is 0 Å². The van der Waals surface area contributed by atoms with E-state index < -0.39 is 66.4 Å². The molecular formula is C25H29O15P3. The first-order valence-corrected chi connectivity index (χ1v) is 17.0. The third kappa shape index (κ3) is 8.74. The average molecular weight is 662 g/mol. The number of phosphoric acid groups is 3. The van der Waals surface area contributed by atoms with E-state index in [2.05, 4.69) is 9.05 Å². The van der Waals surface area contributed by atoms with Crippen LogP contribution in [0.3, 0.4) is 0 Å². The van der Waals surface area contributed by atoms with Gasteiger partial charge in [-0.25, -0.2) is 13.7 Å². The van der Waals surface area contributed by atoms with Crippen molar-refractivity contribution < 1.29 is 71.2 Å². The van der Waals surface area contributed by atoms with E-state index in [0.29, 0.717) is 16.7 Å². The average Bonchev–Trinajstić information content (AvgIpc) is 2.93. The molecule has 1 heterocycles. The van der Waals surface area contributed by atoms with Crippen LogP contribution in [0, 0.1) is 0 Å². The van der Waals surface area contributed by atoms with Gasteiger partial charge in [-0.2, -0.15) is 0 Å². The third-order valence-corrected chi connectivity index (χ3v) is 7.95. The van der Waals surface area contributed by atoms with Crippen LogP contribution in [0.25, 0.3) is 0 Å². The summed E-state index contributed by atoms with van der Waals surface area (Å²) < 4.78 is 61.2. The molecule has 15 nitrogen and oxygen atoms in total. The molecule has 18 heteroatoms. The molecule has 1 fully saturated rings. The lowest BCUT2D eigenvalue weighted by Gasteiger charge is -2.45. The Hall–Kier alpha value is -2.13. The summed E-state index contributed by atoms with van der Waals surface area (Å²) in [5.41, 5.74) is 0.370. The second kappa shape index (κ2) is 13.5. The minimum absolute atomic E-state index is 0.599. The first-order valence-electron chi connectivity index (χ1n) is 12.4. The summed E-state index contributed by atoms with van der Waals surface area (Å²) >= 11 is 0. The van der Waals surface area contributed by atoms with Crippen molar-refractivity contribution in [2.75, 3.05) is 6.61 Å². The van der Waals surface area contributed by atoms with Gasteiger partial charge in [-0.05, 0) is 16.7 Å². The topological polar surface area (TPSA) is 239 Å². The van der Waals surface area contributed by atoms with Gasteiger partial charge in [0.15, 0.2) is 6.29 Å². The number of ether oxygens (including phenoxy) is 2. The Kier molecular flexibility index (Phi) is 10.6. The molecule has 7 N–H and O–H groups in total. The fraction of sp³-hybridized carbons (Fsp3) is 0.280. The molecule has 0 aliphatic carbocycles. The van der Waals surface area contributed by atoms with Crippen molar-refractivity contribution in [3.05, 3.63) is 108 Å². The summed E-state index contributed by atoms with van der Waals surface area (Å²) in [5, 5.41) is 10.6. The molecule has 1 saturated heterocycles. The molecule has 0 aromatic heterocycles. The van der Waals surface area contributed by atoms with Crippen molar-refractivity contribution in [1.82, 2.24) is 0 Å². The maximum absolute atomic E-state index is 12.0. The molecule has 5 atom stereocenters. The smallest absolute Gasteiger partial charge is 0.366 e. The summed E-state index contributed by atoms with van der Waals surface area (Å²) in [6, 6.07) is 26.5. The maximum Gasteiger partial charge on any atom is 0.470 e. The lowest BCUT2D eigenvalue weighted by molar-refractivity contribution is -0.282. The van der Waals surface area contributed by atoms with Gasteiger partial charge >= 0.3 is 23.5 Å². The van der Waals surface area contributed by atoms with Crippen LogP contribution >= 0.6 is 23.5 Å². The Morgan fingerprint density at radius 2 is 0.930 bits per heavy atom. The molecule has 4 rings (SSSR count). The predicted octanol–water partition coefficient (Wildman–Crippen LogP) is 2.15. The summed E-state index contributed by atoms with van der Waals surface area (Å²) in [4.78, 5) is 57.0. The van der Waals surface area contributed by atoms with Crippen molar-refractivity contribution in [2.45, 2.75) is 36.3 Å². The normalized spacial score (nSPS) is 23.7. The van der Waals surface area contributed by atoms with Gasteiger partial charge in [-0.1, -0.05) is 91.0 Å². The molecule has 3 aromatic carbocycles. The van der Waals surface area contributed by atoms with Crippen LogP contribution in [0.15, 0.2) is 91.0 Å². The molecule has 234 valence electrons. The summed E-state index contributed by atoms with van der Waals surface area (Å²) in [5.74, 6) is 0. The minimum Gasteiger partial charge on any atom is -0.366 e. The Morgan fingerprint density at radius 3 is 1.30 bits per heavy atom. The highest BCUT2D eigenvalue weighted by Gasteiger charge is 2.54. The first kappa shape index (κ1) is 33.8. The molecule has 0 radical (unpaired) electrons. The molecular weight excluding hydrogens is 633 g/mol. The van der Waals surface area contributed by atoms with E-state index in [-0.39, 0.29) is 0 Å². The second-order valence-corrected chi connectivity index (χ2v) is 12.9. The quantitative estimate of drug-likeness (QED) is 0.109. The van der Waals surface area contributed by atoms with Crippen LogP contribution in [0.4, 0.5) is 0 Å². The number of phosphoric ester groups is 3. The van der Waals surface area contributed by atoms with Crippen LogP contribution in [0.1, 0.15) is 16.7 Å². The van der Waals surface area contributed by atoms with E-state index in [1.54, 1.807) is 91.0 Å². The van der Waals surface area contributed by atoms with Crippen LogP contribution in [0.5, 0.6) is 0 Å². The molecule has 0 bridgehead atoms. The van der Waals surface area contributed by atoms with Crippen molar-refractivity contribution in [2.24, 2.45) is 0 Å². The largest absolute Gasteiger partial charge is 0.470 e. The number of aliphatic hydroxyl groups is 1. The number of rotatable bonds is 12. The third-order valence-electron chi connectivity index (χ3n) is 6.39. The fourth-order valence-electron chi connectivity index (χ4n) is 4.84. The number of aliphatic hydroxyl groups excluding tert-OH is 1. The van der Waals surface area contributed by atoms with Gasteiger partial charge in [0.1, 0.15) is 30.0 Å². The van der Waals surface area contributed by atoms with E-state index >= 15 is 0 Å². The zero-order valence-corrected chi connectivity index (χ0v) is 24.7. The molecule has 0 unspecified atom stereocenters. The Bertz CT molecular complexity index is 1380. The number of hydrogen-bond donors (Lipinski definition) is 7. The van der Waals surface area contributed by atoms with Gasteiger partial charge in [-0.15, -0.1) is 0 Å². The Morgan fingerprint density at radius 1 is 0.581 bits per heavy atom. The lowest BCUT2D eigenvalue weighted by Crippen LogP contribution is -2.61. The van der Waals surface area contributed by atoms with E-state index in [1.165, 1.54) is 0 Å². The molecule has 3 aromatic rings. The minimum atomic E-state index is -5.56. The van der Waals surface area contributed by atoms with E-state index in [4.69, 9.17) is 14.0 Å². The molecule has 1 aliphatic rings. The van der Waals surface area contributed by atoms with Crippen LogP contribution in [0.2, 0.25) is 0 Å². The highest BCUT2D eigenvalue weighted by Crippen LogP contribution is 2.50. The van der Waals surface area contributed by atoms with Crippen LogP contribution < -0.4 is 0 Å². The molecule has 0 amide bonds. The van der Waals surface area contributed by atoms with Gasteiger partial charge < -0.3 is 43.9 Å². The van der Waals surface area contributed by atoms with Gasteiger partial charge in [0.25, 0.3) is 0 Å². The first-order chi connectivity index (χ1) is 20.1. The van der Waals surface area contributed by atoms with Gasteiger partial charge in [0.05, 0.1) is 6.61 Å². The number of benzene rings is 3. The molecule has 43 heavy (non-hydrogen) atoms. The zero-order valence-electron chi connectivity index (χ0n) is 22.0. The Balaban J connectivity index is 1.83. The summed E-state index contributed by atoms with van der Waals surface area (Å²) in [7, 11) is -16.6. The molecule has 0 spiro atoms. The Labute approximate surface area is 245 Å². The fourth-order valence-corrected chi connectivity index (χ4v) is 6.51. The molecule has 1 aliphatic heterocycles. The highest BCUT2D eigenvalue weighted by atomic mass is 31.2. The molecule has 0 saturated carbocycles. The van der Waals surface area contributed by atoms with Crippen molar-refractivity contribution in [1.29, 1.82) is 0 Å². The number of hydrogen-bond acceptors (Lipinski definition) is 9. The van der Waals surface area contributed by atoms with E-state index in [9.17, 15) is 48.2 Å². The van der Waals surface area contributed by atoms with Crippen molar-refractivity contribution in [3.63, 3.8) is 0 Å². The second-order valence-electron chi connectivity index (χ2n) is 9.34. The predicted molar refractivity (Wildman–Crippen MR) is 147 cm³/mol. The highest BCUT2D eigenvalue weighted by molar-refractivity contribution is 7.47. The van der Waals surface area contributed by atoms with Crippen LogP contribution in [-0.4, -0.2) is 71.8 Å². The lowest BCUT2D eigenvalue weighted by atomic mass is 9.80. The van der Waals surface area contributed by atoms with Gasteiger partial charge in [0, 0.05) is 0 Å². The standard InChI is InChI=1S/C25H29O15P3/c26-24-23(40-43(33,34)35)22(39-42(30,31)32)21(38-41(27,28)29)20(37-24)16-36-25(17-10-4-1-5-11-17,18-12-6-2-7-13-18)19-14-8-3-9-15-19/h1-15,20-24,26H,16H2,(H2,27,28,29)(H2,30,31,32)(H2,33,34,35)/t20-,21-,22+,23-,24+/m0/s1. The monoisotopic (exact) mass is 662 g/mol. The van der Waals surface area contributed by atoms with Crippen LogP contribution in [-0.2, 0) is 42.3 Å². The van der Waals surface area contributed by atoms with E-state index in [1.807, 2.05) is 0 Å².